The Hall–Kier alpha value is -1.70. The van der Waals surface area contributed by atoms with Gasteiger partial charge in [-0.15, -0.1) is 11.3 Å². The van der Waals surface area contributed by atoms with E-state index < -0.39 is 10.7 Å². The van der Waals surface area contributed by atoms with Gasteiger partial charge in [-0.05, 0) is 24.3 Å². The van der Waals surface area contributed by atoms with Crippen LogP contribution in [0.15, 0.2) is 30.3 Å². The van der Waals surface area contributed by atoms with Crippen molar-refractivity contribution >= 4 is 34.3 Å². The molecule has 0 aliphatic carbocycles. The van der Waals surface area contributed by atoms with Crippen molar-refractivity contribution in [2.24, 2.45) is 0 Å². The molecule has 23 heavy (non-hydrogen) atoms. The third-order valence-electron chi connectivity index (χ3n) is 3.86. The zero-order chi connectivity index (χ0) is 16.4. The standard InChI is InChI=1S/C15H15ClFN3O2S/c16-15-4-2-12(23-15)10-18-5-7-19(8-6-18)13-3-1-11(17)9-14(13)20(21)22/h1-4,9H,5-8,10H2. The SMILES string of the molecule is O=[N+]([O-])c1cc(F)ccc1N1CCN(Cc2ccc(Cl)s2)CC1. The van der Waals surface area contributed by atoms with E-state index in [4.69, 9.17) is 11.6 Å². The number of halogens is 2. The maximum atomic E-state index is 13.2. The van der Waals surface area contributed by atoms with E-state index in [9.17, 15) is 14.5 Å². The molecule has 0 amide bonds. The van der Waals surface area contributed by atoms with Gasteiger partial charge >= 0.3 is 0 Å². The number of anilines is 1. The first-order chi connectivity index (χ1) is 11.0. The van der Waals surface area contributed by atoms with E-state index in [-0.39, 0.29) is 5.69 Å². The minimum Gasteiger partial charge on any atom is -0.363 e. The normalized spacial score (nSPS) is 15.8. The second-order valence-corrected chi connectivity index (χ2v) is 7.16. The van der Waals surface area contributed by atoms with Crippen LogP contribution in [0.1, 0.15) is 4.88 Å². The number of benzene rings is 1. The van der Waals surface area contributed by atoms with Gasteiger partial charge in [0.2, 0.25) is 0 Å². The minimum absolute atomic E-state index is 0.177. The van der Waals surface area contributed by atoms with Crippen LogP contribution in [0.4, 0.5) is 15.8 Å². The summed E-state index contributed by atoms with van der Waals surface area (Å²) in [6, 6.07) is 7.64. The lowest BCUT2D eigenvalue weighted by molar-refractivity contribution is -0.384. The molecule has 8 heteroatoms. The van der Waals surface area contributed by atoms with Crippen LogP contribution in [0.2, 0.25) is 4.34 Å². The molecule has 0 unspecified atom stereocenters. The summed E-state index contributed by atoms with van der Waals surface area (Å²) in [5, 5.41) is 11.1. The molecule has 1 saturated heterocycles. The molecule has 2 aromatic rings. The Morgan fingerprint density at radius 1 is 1.22 bits per heavy atom. The van der Waals surface area contributed by atoms with E-state index in [1.807, 2.05) is 17.0 Å². The van der Waals surface area contributed by atoms with E-state index >= 15 is 0 Å². The van der Waals surface area contributed by atoms with Crippen LogP contribution >= 0.6 is 22.9 Å². The van der Waals surface area contributed by atoms with Crippen molar-refractivity contribution in [3.63, 3.8) is 0 Å². The summed E-state index contributed by atoms with van der Waals surface area (Å²) in [6.45, 7) is 3.77. The van der Waals surface area contributed by atoms with Crippen LogP contribution in [-0.4, -0.2) is 36.0 Å². The fraction of sp³-hybridized carbons (Fsp3) is 0.333. The monoisotopic (exact) mass is 355 g/mol. The van der Waals surface area contributed by atoms with E-state index in [0.29, 0.717) is 18.8 Å². The molecular weight excluding hydrogens is 341 g/mol. The van der Waals surface area contributed by atoms with Crippen LogP contribution in [0.5, 0.6) is 0 Å². The number of piperazine rings is 1. The fourth-order valence-electron chi connectivity index (χ4n) is 2.71. The number of hydrogen-bond acceptors (Lipinski definition) is 5. The highest BCUT2D eigenvalue weighted by Crippen LogP contribution is 2.30. The van der Waals surface area contributed by atoms with E-state index in [2.05, 4.69) is 4.90 Å². The Morgan fingerprint density at radius 2 is 1.96 bits per heavy atom. The summed E-state index contributed by atoms with van der Waals surface area (Å²) in [4.78, 5) is 16.0. The predicted octanol–water partition coefficient (Wildman–Crippen LogP) is 3.77. The van der Waals surface area contributed by atoms with Gasteiger partial charge in [0.1, 0.15) is 11.5 Å². The lowest BCUT2D eigenvalue weighted by Crippen LogP contribution is -2.46. The van der Waals surface area contributed by atoms with Gasteiger partial charge in [-0.1, -0.05) is 11.6 Å². The summed E-state index contributed by atoms with van der Waals surface area (Å²) >= 11 is 7.50. The Balaban J connectivity index is 1.66. The average molecular weight is 356 g/mol. The Kier molecular flexibility index (Phi) is 4.79. The minimum atomic E-state index is -0.589. The molecule has 0 atom stereocenters. The Bertz CT molecular complexity index is 716. The molecule has 122 valence electrons. The highest BCUT2D eigenvalue weighted by Gasteiger charge is 2.24. The zero-order valence-electron chi connectivity index (χ0n) is 12.2. The van der Waals surface area contributed by atoms with E-state index in [1.54, 1.807) is 11.3 Å². The number of rotatable bonds is 4. The van der Waals surface area contributed by atoms with Crippen LogP contribution in [0.3, 0.4) is 0 Å². The molecule has 1 aromatic heterocycles. The van der Waals surface area contributed by atoms with Gasteiger partial charge in [0, 0.05) is 37.6 Å². The van der Waals surface area contributed by atoms with Crippen molar-refractivity contribution in [2.45, 2.75) is 6.54 Å². The highest BCUT2D eigenvalue weighted by atomic mass is 35.5. The zero-order valence-corrected chi connectivity index (χ0v) is 13.8. The quantitative estimate of drug-likeness (QED) is 0.618. The van der Waals surface area contributed by atoms with Gasteiger partial charge in [-0.2, -0.15) is 0 Å². The largest absolute Gasteiger partial charge is 0.363 e. The summed E-state index contributed by atoms with van der Waals surface area (Å²) < 4.78 is 14.0. The summed E-state index contributed by atoms with van der Waals surface area (Å²) in [5.41, 5.74) is 0.304. The predicted molar refractivity (Wildman–Crippen MR) is 89.9 cm³/mol. The Labute approximate surface area is 142 Å². The lowest BCUT2D eigenvalue weighted by Gasteiger charge is -2.35. The number of hydrogen-bond donors (Lipinski definition) is 0. The smallest absolute Gasteiger partial charge is 0.295 e. The van der Waals surface area contributed by atoms with Gasteiger partial charge in [0.15, 0.2) is 0 Å². The Morgan fingerprint density at radius 3 is 2.57 bits per heavy atom. The van der Waals surface area contributed by atoms with Gasteiger partial charge in [0.25, 0.3) is 5.69 Å². The van der Waals surface area contributed by atoms with Crippen molar-refractivity contribution < 1.29 is 9.31 Å². The first-order valence-electron chi connectivity index (χ1n) is 7.18. The number of nitro benzene ring substituents is 1. The molecule has 1 aliphatic rings. The first-order valence-corrected chi connectivity index (χ1v) is 8.38. The van der Waals surface area contributed by atoms with Crippen molar-refractivity contribution in [3.8, 4) is 0 Å². The third kappa shape index (κ3) is 3.80. The van der Waals surface area contributed by atoms with Crippen molar-refractivity contribution in [2.75, 3.05) is 31.1 Å². The van der Waals surface area contributed by atoms with Crippen LogP contribution in [-0.2, 0) is 6.54 Å². The molecule has 1 fully saturated rings. The maximum absolute atomic E-state index is 13.2. The molecule has 3 rings (SSSR count). The first kappa shape index (κ1) is 16.2. The number of nitrogens with zero attached hydrogens (tertiary/aromatic N) is 3. The van der Waals surface area contributed by atoms with Crippen molar-refractivity contribution in [1.29, 1.82) is 0 Å². The van der Waals surface area contributed by atoms with Crippen LogP contribution < -0.4 is 4.90 Å². The molecule has 0 spiro atoms. The average Bonchev–Trinajstić information content (AvgIpc) is 2.93. The molecule has 0 N–H and O–H groups in total. The molecular formula is C15H15ClFN3O2S. The molecule has 2 heterocycles. The lowest BCUT2D eigenvalue weighted by atomic mass is 10.2. The van der Waals surface area contributed by atoms with E-state index in [1.165, 1.54) is 17.0 Å². The molecule has 0 saturated carbocycles. The van der Waals surface area contributed by atoms with Crippen molar-refractivity contribution in [1.82, 2.24) is 4.90 Å². The second-order valence-electron chi connectivity index (χ2n) is 5.36. The van der Waals surface area contributed by atoms with Crippen LogP contribution in [0, 0.1) is 15.9 Å². The van der Waals surface area contributed by atoms with Gasteiger partial charge in [-0.3, -0.25) is 15.0 Å². The highest BCUT2D eigenvalue weighted by molar-refractivity contribution is 7.16. The topological polar surface area (TPSA) is 49.6 Å². The molecule has 0 bridgehead atoms. The third-order valence-corrected chi connectivity index (χ3v) is 5.07. The summed E-state index contributed by atoms with van der Waals surface area (Å²) in [5.74, 6) is -0.589. The molecule has 1 aliphatic heterocycles. The second kappa shape index (κ2) is 6.82. The molecule has 5 nitrogen and oxygen atoms in total. The van der Waals surface area contributed by atoms with Gasteiger partial charge < -0.3 is 4.90 Å². The summed E-state index contributed by atoms with van der Waals surface area (Å²) in [6.07, 6.45) is 0. The van der Waals surface area contributed by atoms with Crippen LogP contribution in [0.25, 0.3) is 0 Å². The fourth-order valence-corrected chi connectivity index (χ4v) is 3.84. The molecule has 0 radical (unpaired) electrons. The maximum Gasteiger partial charge on any atom is 0.295 e. The van der Waals surface area contributed by atoms with Crippen molar-refractivity contribution in [3.05, 3.63) is 55.5 Å². The number of thiophene rings is 1. The van der Waals surface area contributed by atoms with Gasteiger partial charge in [0.05, 0.1) is 15.3 Å². The number of nitro groups is 1. The summed E-state index contributed by atoms with van der Waals surface area (Å²) in [7, 11) is 0. The molecule has 1 aromatic carbocycles. The van der Waals surface area contributed by atoms with E-state index in [0.717, 1.165) is 30.0 Å². The van der Waals surface area contributed by atoms with Gasteiger partial charge in [-0.25, -0.2) is 4.39 Å².